The predicted molar refractivity (Wildman–Crippen MR) is 253 cm³/mol. The molecule has 0 bridgehead atoms. The van der Waals surface area contributed by atoms with E-state index in [1.807, 2.05) is 60.7 Å². The van der Waals surface area contributed by atoms with Crippen molar-refractivity contribution in [3.8, 4) is 0 Å². The van der Waals surface area contributed by atoms with Gasteiger partial charge in [-0.15, -0.1) is 0 Å². The number of nitrogens with zero attached hydrogens (tertiary/aromatic N) is 2. The summed E-state index contributed by atoms with van der Waals surface area (Å²) in [5.41, 5.74) is 13.9. The molecule has 360 valence electrons. The highest BCUT2D eigenvalue weighted by atomic mass is 32.2. The summed E-state index contributed by atoms with van der Waals surface area (Å²) in [7, 11) is -3.95. The Labute approximate surface area is 394 Å². The number of halogens is 2. The van der Waals surface area contributed by atoms with Gasteiger partial charge >= 0.3 is 0 Å². The standard InChI is InChI=1S/C25H27FN2O5S.C17H20N2O2.C8H7FO3S/c1-28(22(16-9-5-3-6-10-16)23(29)17-11-7-4-8-12-17)25(31)21(27)24(30)19-14-13-18(15-20(19)26)34(2,32)33;1-19(15(20)12-18)16(13-8-4-2-5-9-13)17(21)14-10-6-3-7-11-14;1-13(11,12)7-3-2-6(5-10)8(9)4-7/h3-15,21-24,29-30H,27H2,1-2H3;2-11,16-17,21H,12,18H2,1H3;2-5H,1H3/t21-,22+,23+,24+;16-,17-;/m01./s1. The third kappa shape index (κ3) is 14.3. The van der Waals surface area contributed by atoms with Crippen LogP contribution in [0, 0.1) is 11.6 Å². The minimum absolute atomic E-state index is 0.0820. The number of benzene rings is 6. The van der Waals surface area contributed by atoms with E-state index in [9.17, 15) is 55.3 Å². The molecule has 7 N–H and O–H groups in total. The molecule has 6 aromatic rings. The summed E-state index contributed by atoms with van der Waals surface area (Å²) < 4.78 is 72.6. The largest absolute Gasteiger partial charge is 0.386 e. The number of hydrogen-bond acceptors (Lipinski definition) is 12. The molecule has 0 fully saturated rings. The van der Waals surface area contributed by atoms with Gasteiger partial charge in [0.2, 0.25) is 11.8 Å². The first-order chi connectivity index (χ1) is 32.1. The van der Waals surface area contributed by atoms with Crippen LogP contribution < -0.4 is 11.5 Å². The average Bonchev–Trinajstić information content (AvgIpc) is 3.34. The Hall–Kier alpha value is -6.51. The second-order valence-electron chi connectivity index (χ2n) is 15.6. The number of carbonyl (C=O) groups excluding carboxylic acids is 3. The molecule has 0 saturated carbocycles. The minimum Gasteiger partial charge on any atom is -0.386 e. The van der Waals surface area contributed by atoms with Crippen LogP contribution in [0.15, 0.2) is 168 Å². The lowest BCUT2D eigenvalue weighted by Gasteiger charge is -2.35. The van der Waals surface area contributed by atoms with E-state index >= 15 is 0 Å². The summed E-state index contributed by atoms with van der Waals surface area (Å²) in [6.45, 7) is -0.0820. The maximum atomic E-state index is 14.6. The minimum atomic E-state index is -3.65. The number of nitrogens with two attached hydrogens (primary N) is 2. The number of aliphatic hydroxyl groups excluding tert-OH is 3. The fraction of sp³-hybridized carbons (Fsp3) is 0.220. The normalized spacial score (nSPS) is 13.9. The fourth-order valence-corrected chi connectivity index (χ4v) is 8.28. The maximum Gasteiger partial charge on any atom is 0.242 e. The zero-order chi connectivity index (χ0) is 50.3. The van der Waals surface area contributed by atoms with Gasteiger partial charge in [0.05, 0.1) is 34.0 Å². The van der Waals surface area contributed by atoms with Crippen molar-refractivity contribution in [2.45, 2.75) is 46.2 Å². The van der Waals surface area contributed by atoms with Crippen molar-refractivity contribution in [1.82, 2.24) is 9.80 Å². The molecule has 0 aliphatic heterocycles. The topological polar surface area (TPSA) is 239 Å². The van der Waals surface area contributed by atoms with E-state index in [1.165, 1.54) is 22.9 Å². The number of aldehydes is 1. The molecule has 0 saturated heterocycles. The lowest BCUT2D eigenvalue weighted by molar-refractivity contribution is -0.139. The Morgan fingerprint density at radius 1 is 0.574 bits per heavy atom. The number of aliphatic hydroxyl groups is 3. The summed E-state index contributed by atoms with van der Waals surface area (Å²) >= 11 is 0. The SMILES string of the molecule is CN(C(=O)CN)[C@H](c1ccccc1)[C@H](O)c1ccccc1.CN(C(=O)[C@@H](N)[C@H](O)c1ccc(S(C)(=O)=O)cc1F)[C@H](c1ccccc1)[C@H](O)c1ccccc1.CS(=O)(=O)c1ccc(C=O)c(F)c1. The van der Waals surface area contributed by atoms with Crippen LogP contribution in [0.5, 0.6) is 0 Å². The molecule has 6 aromatic carbocycles. The number of amides is 2. The van der Waals surface area contributed by atoms with Crippen LogP contribution in [0.1, 0.15) is 68.6 Å². The quantitative estimate of drug-likeness (QED) is 0.0809. The third-order valence-corrected chi connectivity index (χ3v) is 13.0. The lowest BCUT2D eigenvalue weighted by Crippen LogP contribution is -2.48. The van der Waals surface area contributed by atoms with E-state index in [1.54, 1.807) is 67.7 Å². The first-order valence-electron chi connectivity index (χ1n) is 20.8. The summed E-state index contributed by atoms with van der Waals surface area (Å²) in [6, 6.07) is 39.7. The van der Waals surface area contributed by atoms with Gasteiger partial charge in [0.15, 0.2) is 26.0 Å². The van der Waals surface area contributed by atoms with E-state index in [4.69, 9.17) is 11.5 Å². The van der Waals surface area contributed by atoms with Crippen LogP contribution in [0.25, 0.3) is 0 Å². The van der Waals surface area contributed by atoms with Crippen LogP contribution in [0.3, 0.4) is 0 Å². The highest BCUT2D eigenvalue weighted by Gasteiger charge is 2.36. The van der Waals surface area contributed by atoms with Crippen molar-refractivity contribution in [2.24, 2.45) is 11.5 Å². The molecule has 0 unspecified atom stereocenters. The first-order valence-corrected chi connectivity index (χ1v) is 24.6. The smallest absolute Gasteiger partial charge is 0.242 e. The third-order valence-electron chi connectivity index (χ3n) is 10.8. The van der Waals surface area contributed by atoms with Gasteiger partial charge < -0.3 is 36.6 Å². The molecule has 0 aliphatic carbocycles. The molecule has 18 heteroatoms. The second-order valence-corrected chi connectivity index (χ2v) is 19.6. The molecule has 0 aliphatic rings. The highest BCUT2D eigenvalue weighted by molar-refractivity contribution is 7.91. The monoisotopic (exact) mass is 972 g/mol. The molecule has 6 rings (SSSR count). The summed E-state index contributed by atoms with van der Waals surface area (Å²) in [5.74, 6) is -2.76. The molecule has 2 amide bonds. The molecule has 0 radical (unpaired) electrons. The van der Waals surface area contributed by atoms with Crippen molar-refractivity contribution in [2.75, 3.05) is 33.2 Å². The summed E-state index contributed by atoms with van der Waals surface area (Å²) in [6.07, 6.45) is -1.41. The Balaban J connectivity index is 0.000000250. The maximum absolute atomic E-state index is 14.6. The van der Waals surface area contributed by atoms with Crippen molar-refractivity contribution in [3.63, 3.8) is 0 Å². The van der Waals surface area contributed by atoms with Crippen LogP contribution in [0.4, 0.5) is 8.78 Å². The lowest BCUT2D eigenvalue weighted by atomic mass is 9.93. The number of hydrogen-bond donors (Lipinski definition) is 5. The molecule has 14 nitrogen and oxygen atoms in total. The van der Waals surface area contributed by atoms with Crippen LogP contribution >= 0.6 is 0 Å². The van der Waals surface area contributed by atoms with Gasteiger partial charge in [-0.2, -0.15) is 0 Å². The number of carbonyl (C=O) groups is 3. The van der Waals surface area contributed by atoms with E-state index in [-0.39, 0.29) is 33.4 Å². The van der Waals surface area contributed by atoms with E-state index in [2.05, 4.69) is 0 Å². The summed E-state index contributed by atoms with van der Waals surface area (Å²) in [4.78, 5) is 37.8. The Morgan fingerprint density at radius 3 is 1.29 bits per heavy atom. The molecule has 0 aromatic heterocycles. The van der Waals surface area contributed by atoms with Gasteiger partial charge in [-0.25, -0.2) is 25.6 Å². The van der Waals surface area contributed by atoms with Gasteiger partial charge in [0.1, 0.15) is 36.0 Å². The van der Waals surface area contributed by atoms with Crippen molar-refractivity contribution >= 4 is 37.8 Å². The Morgan fingerprint density at radius 2 is 0.941 bits per heavy atom. The zero-order valence-electron chi connectivity index (χ0n) is 37.6. The molecule has 0 heterocycles. The average molecular weight is 973 g/mol. The van der Waals surface area contributed by atoms with Gasteiger partial charge in [0.25, 0.3) is 0 Å². The number of rotatable bonds is 15. The first kappa shape index (κ1) is 54.1. The Kier molecular flexibility index (Phi) is 19.5. The van der Waals surface area contributed by atoms with Crippen LogP contribution in [-0.2, 0) is 29.3 Å². The molecule has 6 atom stereocenters. The van der Waals surface area contributed by atoms with Gasteiger partial charge in [-0.3, -0.25) is 14.4 Å². The molecule has 68 heavy (non-hydrogen) atoms. The number of sulfone groups is 2. The van der Waals surface area contributed by atoms with Crippen LogP contribution in [0.2, 0.25) is 0 Å². The van der Waals surface area contributed by atoms with Crippen molar-refractivity contribution in [3.05, 3.63) is 203 Å². The van der Waals surface area contributed by atoms with E-state index < -0.39 is 73.7 Å². The second kappa shape index (κ2) is 24.5. The van der Waals surface area contributed by atoms with E-state index in [0.29, 0.717) is 17.4 Å². The predicted octanol–water partition coefficient (Wildman–Crippen LogP) is 5.44. The fourth-order valence-electron chi connectivity index (χ4n) is 7.01. The van der Waals surface area contributed by atoms with Crippen molar-refractivity contribution in [1.29, 1.82) is 0 Å². The van der Waals surface area contributed by atoms with Gasteiger partial charge in [-0.1, -0.05) is 127 Å². The molecular formula is C50H54F2N4O10S2. The van der Waals surface area contributed by atoms with Gasteiger partial charge in [0, 0.05) is 32.2 Å². The van der Waals surface area contributed by atoms with Crippen molar-refractivity contribution < 1.29 is 55.3 Å². The summed E-state index contributed by atoms with van der Waals surface area (Å²) in [5, 5.41) is 32.5. The molecule has 0 spiro atoms. The highest BCUT2D eigenvalue weighted by Crippen LogP contribution is 2.35. The van der Waals surface area contributed by atoms with Crippen LogP contribution in [-0.4, -0.2) is 99.2 Å². The van der Waals surface area contributed by atoms with E-state index in [0.717, 1.165) is 54.0 Å². The zero-order valence-corrected chi connectivity index (χ0v) is 39.2. The Bertz CT molecular complexity index is 2830. The number of likely N-dealkylation sites (N-methyl/N-ethyl adjacent to an activating group) is 2. The van der Waals surface area contributed by atoms with Gasteiger partial charge in [-0.05, 0) is 52.6 Å². The molecular weight excluding hydrogens is 919 g/mol.